The van der Waals surface area contributed by atoms with Gasteiger partial charge in [0, 0.05) is 10.3 Å². The molecule has 0 saturated carbocycles. The van der Waals surface area contributed by atoms with Gasteiger partial charge >= 0.3 is 19.2 Å². The van der Waals surface area contributed by atoms with Crippen molar-refractivity contribution in [1.82, 2.24) is 0 Å². The molecule has 0 unspecified atom stereocenters. The van der Waals surface area contributed by atoms with Gasteiger partial charge in [-0.15, -0.1) is 11.3 Å². The average Bonchev–Trinajstić information content (AvgIpc) is 3.23. The molecule has 0 aliphatic carbocycles. The molecule has 5 nitrogen and oxygen atoms in total. The highest BCUT2D eigenvalue weighted by molar-refractivity contribution is 7.54. The first-order valence-corrected chi connectivity index (χ1v) is 11.8. The van der Waals surface area contributed by atoms with Crippen molar-refractivity contribution in [3.05, 3.63) is 63.8 Å². The largest absolute Gasteiger partial charge is 0.416 e. The molecule has 0 amide bonds. The summed E-state index contributed by atoms with van der Waals surface area (Å²) in [5.41, 5.74) is -4.83. The Hall–Kier alpha value is -2.47. The predicted molar refractivity (Wildman–Crippen MR) is 108 cm³/mol. The van der Waals surface area contributed by atoms with Gasteiger partial charge in [0.15, 0.2) is 0 Å². The van der Waals surface area contributed by atoms with Crippen LogP contribution in [0, 0.1) is 29.1 Å². The second-order valence-electron chi connectivity index (χ2n) is 6.53. The number of carbonyl (C=O) groups is 1. The van der Waals surface area contributed by atoms with Crippen LogP contribution in [0.4, 0.5) is 30.7 Å². The van der Waals surface area contributed by atoms with E-state index in [0.717, 1.165) is 24.3 Å². The molecule has 0 saturated heterocycles. The van der Waals surface area contributed by atoms with E-state index in [1.165, 1.54) is 13.8 Å². The molecule has 0 radical (unpaired) electrons. The Bertz CT molecular complexity index is 1270. The molecule has 14 heteroatoms. The smallest absolute Gasteiger partial charge is 0.404 e. The van der Waals surface area contributed by atoms with Crippen molar-refractivity contribution < 1.29 is 53.9 Å². The predicted octanol–water partition coefficient (Wildman–Crippen LogP) is 7.13. The lowest BCUT2D eigenvalue weighted by Crippen LogP contribution is -2.18. The van der Waals surface area contributed by atoms with E-state index in [1.807, 2.05) is 0 Å². The van der Waals surface area contributed by atoms with Crippen LogP contribution in [0.25, 0.3) is 10.1 Å². The van der Waals surface area contributed by atoms with E-state index in [2.05, 4.69) is 4.74 Å². The fourth-order valence-corrected chi connectivity index (χ4v) is 5.30. The zero-order chi connectivity index (χ0) is 25.4. The molecular formula is C20H14F7O5PS. The summed E-state index contributed by atoms with van der Waals surface area (Å²) in [6.07, 6.45) is 0. The van der Waals surface area contributed by atoms with Crippen molar-refractivity contribution in [1.29, 1.82) is 0 Å². The maximum atomic E-state index is 15.0. The number of esters is 1. The van der Waals surface area contributed by atoms with Crippen molar-refractivity contribution in [2.75, 3.05) is 13.2 Å². The maximum absolute atomic E-state index is 15.0. The van der Waals surface area contributed by atoms with Crippen molar-refractivity contribution in [2.45, 2.75) is 19.5 Å². The Morgan fingerprint density at radius 3 is 1.97 bits per heavy atom. The fourth-order valence-electron chi connectivity index (χ4n) is 2.85. The van der Waals surface area contributed by atoms with Crippen LogP contribution >= 0.6 is 18.9 Å². The minimum Gasteiger partial charge on any atom is -0.416 e. The molecule has 3 rings (SSSR count). The number of rotatable bonds is 8. The number of hydrogen-bond acceptors (Lipinski definition) is 6. The molecule has 34 heavy (non-hydrogen) atoms. The topological polar surface area (TPSA) is 61.8 Å². The van der Waals surface area contributed by atoms with Gasteiger partial charge in [0.2, 0.25) is 34.8 Å². The highest BCUT2D eigenvalue weighted by Gasteiger charge is 2.54. The summed E-state index contributed by atoms with van der Waals surface area (Å²) in [4.78, 5) is 11.9. The summed E-state index contributed by atoms with van der Waals surface area (Å²) in [5.74, 6) is -15.0. The van der Waals surface area contributed by atoms with Crippen molar-refractivity contribution in [2.24, 2.45) is 0 Å². The lowest BCUT2D eigenvalue weighted by molar-refractivity contribution is 0.0362. The van der Waals surface area contributed by atoms with Crippen LogP contribution in [0.5, 0.6) is 5.75 Å². The van der Waals surface area contributed by atoms with Crippen molar-refractivity contribution >= 4 is 35.0 Å². The summed E-state index contributed by atoms with van der Waals surface area (Å²) in [5, 5.41) is 0.0195. The van der Waals surface area contributed by atoms with Crippen molar-refractivity contribution in [3.63, 3.8) is 0 Å². The molecule has 184 valence electrons. The van der Waals surface area contributed by atoms with E-state index in [-0.39, 0.29) is 23.3 Å². The van der Waals surface area contributed by atoms with Gasteiger partial charge in [-0.2, -0.15) is 17.6 Å². The third-order valence-electron chi connectivity index (χ3n) is 4.37. The van der Waals surface area contributed by atoms with Crippen LogP contribution in [0.1, 0.15) is 29.1 Å². The summed E-state index contributed by atoms with van der Waals surface area (Å²) in [7, 11) is -4.91. The van der Waals surface area contributed by atoms with E-state index in [9.17, 15) is 40.1 Å². The molecule has 0 spiro atoms. The average molecular weight is 530 g/mol. The second kappa shape index (κ2) is 9.65. The first kappa shape index (κ1) is 26.1. The lowest BCUT2D eigenvalue weighted by atomic mass is 10.1. The van der Waals surface area contributed by atoms with Gasteiger partial charge in [0.05, 0.1) is 13.2 Å². The van der Waals surface area contributed by atoms with Crippen LogP contribution in [-0.4, -0.2) is 19.2 Å². The van der Waals surface area contributed by atoms with Crippen LogP contribution in [0.15, 0.2) is 24.3 Å². The normalized spacial score (nSPS) is 12.4. The Labute approximate surface area is 191 Å². The third kappa shape index (κ3) is 4.45. The minimum absolute atomic E-state index is 0.0195. The number of benzene rings is 2. The summed E-state index contributed by atoms with van der Waals surface area (Å²) >= 11 is 0.638. The van der Waals surface area contributed by atoms with Gasteiger partial charge < -0.3 is 13.8 Å². The number of fused-ring (bicyclic) bond motifs is 1. The van der Waals surface area contributed by atoms with Gasteiger partial charge in [-0.3, -0.25) is 4.57 Å². The van der Waals surface area contributed by atoms with Gasteiger partial charge in [-0.25, -0.2) is 18.0 Å². The molecule has 0 aliphatic rings. The number of hydrogen-bond donors (Lipinski definition) is 0. The lowest BCUT2D eigenvalue weighted by Gasteiger charge is -2.26. The van der Waals surface area contributed by atoms with E-state index in [4.69, 9.17) is 9.05 Å². The summed E-state index contributed by atoms with van der Waals surface area (Å²) < 4.78 is 124. The minimum atomic E-state index is -4.91. The molecule has 0 fully saturated rings. The van der Waals surface area contributed by atoms with Gasteiger partial charge in [0.1, 0.15) is 4.88 Å². The summed E-state index contributed by atoms with van der Waals surface area (Å²) in [6, 6.07) is 3.97. The SMILES string of the molecule is CCOP(=O)(OCC)C(F)(F)c1ccc2sc(C(=O)Oc3c(F)c(F)c(F)c(F)c3F)cc2c1. The zero-order valence-electron chi connectivity index (χ0n) is 17.3. The fraction of sp³-hybridized carbons (Fsp3) is 0.250. The molecule has 0 N–H and O–H groups in total. The Kier molecular flexibility index (Phi) is 7.42. The van der Waals surface area contributed by atoms with Crippen LogP contribution < -0.4 is 4.74 Å². The monoisotopic (exact) mass is 530 g/mol. The number of carbonyl (C=O) groups excluding carboxylic acids is 1. The number of alkyl halides is 2. The maximum Gasteiger partial charge on any atom is 0.404 e. The summed E-state index contributed by atoms with van der Waals surface area (Å²) in [6.45, 7) is 2.07. The highest BCUT2D eigenvalue weighted by atomic mass is 32.1. The van der Waals surface area contributed by atoms with Crippen LogP contribution in [0.3, 0.4) is 0 Å². The van der Waals surface area contributed by atoms with Crippen LogP contribution in [-0.2, 0) is 19.3 Å². The molecule has 3 aromatic rings. The van der Waals surface area contributed by atoms with E-state index < -0.39 is 64.5 Å². The van der Waals surface area contributed by atoms with Gasteiger partial charge in [0.25, 0.3) is 0 Å². The van der Waals surface area contributed by atoms with E-state index in [1.54, 1.807) is 0 Å². The molecule has 0 aliphatic heterocycles. The molecule has 1 heterocycles. The number of thiophene rings is 1. The number of ether oxygens (including phenoxy) is 1. The highest BCUT2D eigenvalue weighted by Crippen LogP contribution is 2.67. The van der Waals surface area contributed by atoms with Crippen LogP contribution in [0.2, 0.25) is 0 Å². The van der Waals surface area contributed by atoms with E-state index in [0.29, 0.717) is 11.3 Å². The molecule has 0 atom stereocenters. The van der Waals surface area contributed by atoms with Gasteiger partial charge in [-0.1, -0.05) is 6.07 Å². The second-order valence-corrected chi connectivity index (χ2v) is 9.68. The Balaban J connectivity index is 1.97. The third-order valence-corrected chi connectivity index (χ3v) is 7.61. The Morgan fingerprint density at radius 1 is 0.912 bits per heavy atom. The van der Waals surface area contributed by atoms with E-state index >= 15 is 0 Å². The first-order chi connectivity index (χ1) is 15.9. The Morgan fingerprint density at radius 2 is 1.44 bits per heavy atom. The quantitative estimate of drug-likeness (QED) is 0.0775. The molecule has 2 aromatic carbocycles. The number of halogens is 7. The van der Waals surface area contributed by atoms with Gasteiger partial charge in [-0.05, 0) is 37.4 Å². The molecule has 1 aromatic heterocycles. The first-order valence-electron chi connectivity index (χ1n) is 9.42. The van der Waals surface area contributed by atoms with Crippen molar-refractivity contribution in [3.8, 4) is 5.75 Å². The molecule has 0 bridgehead atoms. The standard InChI is InChI=1S/C20H14F7O5PS/c1-3-30-33(29,31-4-2)20(26,27)10-5-6-11-9(7-10)8-12(34-11)19(28)32-18-16(24)14(22)13(21)15(23)17(18)25/h5-8H,3-4H2,1-2H3. The molecular weight excluding hydrogens is 516 g/mol. The zero-order valence-corrected chi connectivity index (χ0v) is 19.0.